The Morgan fingerprint density at radius 2 is 2.27 bits per heavy atom. The van der Waals surface area contributed by atoms with Gasteiger partial charge in [-0.2, -0.15) is 0 Å². The molecule has 0 aliphatic carbocycles. The summed E-state index contributed by atoms with van der Waals surface area (Å²) in [7, 11) is 0. The molecule has 0 N–H and O–H groups in total. The maximum absolute atomic E-state index is 11.5. The third-order valence-electron chi connectivity index (χ3n) is 0.715. The van der Waals surface area contributed by atoms with Crippen molar-refractivity contribution in [1.82, 2.24) is 10.2 Å². The first-order valence-corrected chi connectivity index (χ1v) is 4.19. The first kappa shape index (κ1) is 8.79. The number of rotatable bonds is 3. The molecule has 0 saturated carbocycles. The van der Waals surface area contributed by atoms with Gasteiger partial charge < -0.3 is 4.74 Å². The Hall–Kier alpha value is -0.300. The van der Waals surface area contributed by atoms with Gasteiger partial charge in [0.1, 0.15) is 0 Å². The molecule has 1 aromatic heterocycles. The van der Waals surface area contributed by atoms with Crippen molar-refractivity contribution < 1.29 is 13.5 Å². The van der Waals surface area contributed by atoms with Crippen molar-refractivity contribution in [2.75, 3.05) is 6.61 Å². The van der Waals surface area contributed by atoms with Crippen molar-refractivity contribution in [3.05, 3.63) is 3.92 Å². The highest BCUT2D eigenvalue weighted by molar-refractivity contribution is 9.11. The second-order valence-corrected chi connectivity index (χ2v) is 3.74. The number of nitrogens with zero attached hydrogens (tertiary/aromatic N) is 2. The van der Waals surface area contributed by atoms with Crippen LogP contribution in [-0.2, 0) is 0 Å². The minimum atomic E-state index is -2.47. The van der Waals surface area contributed by atoms with E-state index in [0.717, 1.165) is 11.3 Å². The lowest BCUT2D eigenvalue weighted by molar-refractivity contribution is 0.0814. The smallest absolute Gasteiger partial charge is 0.295 e. The van der Waals surface area contributed by atoms with Gasteiger partial charge in [-0.25, -0.2) is 8.78 Å². The Labute approximate surface area is 73.5 Å². The molecule has 1 aromatic rings. The van der Waals surface area contributed by atoms with Crippen LogP contribution in [0.3, 0.4) is 0 Å². The number of aromatic nitrogens is 2. The lowest BCUT2D eigenvalue weighted by Crippen LogP contribution is -2.06. The van der Waals surface area contributed by atoms with Crippen molar-refractivity contribution >= 4 is 27.3 Å². The fraction of sp³-hybridized carbons (Fsp3) is 0.500. The van der Waals surface area contributed by atoms with Gasteiger partial charge >= 0.3 is 0 Å². The van der Waals surface area contributed by atoms with Gasteiger partial charge in [-0.05, 0) is 27.3 Å². The Balaban J connectivity index is 2.39. The molecule has 0 aromatic carbocycles. The van der Waals surface area contributed by atoms with Crippen LogP contribution in [0.25, 0.3) is 0 Å². The molecule has 0 fully saturated rings. The van der Waals surface area contributed by atoms with E-state index in [-0.39, 0.29) is 5.19 Å². The van der Waals surface area contributed by atoms with Gasteiger partial charge in [0.05, 0.1) is 0 Å². The van der Waals surface area contributed by atoms with Crippen molar-refractivity contribution in [3.63, 3.8) is 0 Å². The summed E-state index contributed by atoms with van der Waals surface area (Å²) in [6, 6.07) is 0. The molecule has 0 atom stereocenters. The predicted molar refractivity (Wildman–Crippen MR) is 39.1 cm³/mol. The third kappa shape index (κ3) is 3.06. The van der Waals surface area contributed by atoms with Crippen LogP contribution in [0, 0.1) is 0 Å². The topological polar surface area (TPSA) is 35.0 Å². The second kappa shape index (κ2) is 3.91. The Morgan fingerprint density at radius 3 is 2.73 bits per heavy atom. The normalized spacial score (nSPS) is 10.5. The lowest BCUT2D eigenvalue weighted by atomic mass is 10.8. The van der Waals surface area contributed by atoms with Gasteiger partial charge in [0.2, 0.25) is 0 Å². The average Bonchev–Trinajstić information content (AvgIpc) is 2.31. The van der Waals surface area contributed by atoms with Crippen LogP contribution in [-0.4, -0.2) is 23.2 Å². The Kier molecular flexibility index (Phi) is 3.13. The van der Waals surface area contributed by atoms with Crippen LogP contribution in [0.15, 0.2) is 3.92 Å². The van der Waals surface area contributed by atoms with Gasteiger partial charge in [-0.1, -0.05) is 5.10 Å². The molecular formula is C4H3BrF2N2OS. The number of alkyl halides is 2. The Bertz CT molecular complexity index is 232. The van der Waals surface area contributed by atoms with Crippen molar-refractivity contribution in [2.24, 2.45) is 0 Å². The molecule has 0 radical (unpaired) electrons. The first-order valence-electron chi connectivity index (χ1n) is 2.58. The summed E-state index contributed by atoms with van der Waals surface area (Å²) in [4.78, 5) is 0. The maximum Gasteiger partial charge on any atom is 0.295 e. The molecule has 0 bridgehead atoms. The van der Waals surface area contributed by atoms with E-state index < -0.39 is 13.0 Å². The molecule has 62 valence electrons. The van der Waals surface area contributed by atoms with Crippen molar-refractivity contribution in [1.29, 1.82) is 0 Å². The summed E-state index contributed by atoms with van der Waals surface area (Å²) >= 11 is 4.09. The summed E-state index contributed by atoms with van der Waals surface area (Å²) in [6.07, 6.45) is -2.47. The predicted octanol–water partition coefficient (Wildman–Crippen LogP) is 1.94. The lowest BCUT2D eigenvalue weighted by Gasteiger charge is -1.97. The second-order valence-electron chi connectivity index (χ2n) is 1.52. The van der Waals surface area contributed by atoms with E-state index in [0.29, 0.717) is 3.92 Å². The zero-order valence-corrected chi connectivity index (χ0v) is 7.53. The van der Waals surface area contributed by atoms with Crippen LogP contribution in [0.4, 0.5) is 8.78 Å². The quantitative estimate of drug-likeness (QED) is 0.816. The summed E-state index contributed by atoms with van der Waals surface area (Å²) in [5.74, 6) is 0. The molecule has 0 saturated heterocycles. The standard InChI is InChI=1S/C4H3BrF2N2OS/c5-3-8-9-4(11-3)10-1-2(6)7/h2H,1H2. The van der Waals surface area contributed by atoms with Crippen molar-refractivity contribution in [3.8, 4) is 5.19 Å². The molecular weight excluding hydrogens is 242 g/mol. The minimum absolute atomic E-state index is 0.150. The Morgan fingerprint density at radius 1 is 1.55 bits per heavy atom. The molecule has 0 aliphatic rings. The number of hydrogen-bond donors (Lipinski definition) is 0. The highest BCUT2D eigenvalue weighted by Crippen LogP contribution is 2.22. The number of halogens is 3. The van der Waals surface area contributed by atoms with Gasteiger partial charge in [-0.15, -0.1) is 5.10 Å². The molecule has 0 unspecified atom stereocenters. The minimum Gasteiger partial charge on any atom is -0.463 e. The van der Waals surface area contributed by atoms with Crippen LogP contribution in [0.2, 0.25) is 0 Å². The van der Waals surface area contributed by atoms with Crippen LogP contribution < -0.4 is 4.74 Å². The number of ether oxygens (including phenoxy) is 1. The highest BCUT2D eigenvalue weighted by Gasteiger charge is 2.06. The fourth-order valence-corrected chi connectivity index (χ4v) is 1.31. The molecule has 1 heterocycles. The summed E-state index contributed by atoms with van der Waals surface area (Å²) in [5.41, 5.74) is 0. The largest absolute Gasteiger partial charge is 0.463 e. The first-order chi connectivity index (χ1) is 5.18. The molecule has 0 aliphatic heterocycles. The van der Waals surface area contributed by atoms with Crippen LogP contribution in [0.5, 0.6) is 5.19 Å². The summed E-state index contributed by atoms with van der Waals surface area (Å²) < 4.78 is 28.2. The molecule has 0 spiro atoms. The van der Waals surface area contributed by atoms with Crippen molar-refractivity contribution in [2.45, 2.75) is 6.43 Å². The van der Waals surface area contributed by atoms with Gasteiger partial charge in [-0.3, -0.25) is 0 Å². The molecule has 11 heavy (non-hydrogen) atoms. The van der Waals surface area contributed by atoms with E-state index in [4.69, 9.17) is 0 Å². The monoisotopic (exact) mass is 244 g/mol. The van der Waals surface area contributed by atoms with Crippen LogP contribution >= 0.6 is 27.3 Å². The SMILES string of the molecule is FC(F)COc1nnc(Br)s1. The van der Waals surface area contributed by atoms with Crippen LogP contribution in [0.1, 0.15) is 0 Å². The molecule has 0 amide bonds. The zero-order valence-electron chi connectivity index (χ0n) is 5.13. The average molecular weight is 245 g/mol. The van der Waals surface area contributed by atoms with E-state index in [1.807, 2.05) is 0 Å². The number of hydrogen-bond acceptors (Lipinski definition) is 4. The molecule has 3 nitrogen and oxygen atoms in total. The molecule has 7 heteroatoms. The maximum atomic E-state index is 11.5. The van der Waals surface area contributed by atoms with E-state index >= 15 is 0 Å². The van der Waals surface area contributed by atoms with E-state index in [2.05, 4.69) is 30.9 Å². The fourth-order valence-electron chi connectivity index (χ4n) is 0.386. The zero-order chi connectivity index (χ0) is 8.27. The summed E-state index contributed by atoms with van der Waals surface area (Å²) in [5, 5.41) is 7.11. The molecule has 1 rings (SSSR count). The van der Waals surface area contributed by atoms with E-state index in [9.17, 15) is 8.78 Å². The highest BCUT2D eigenvalue weighted by atomic mass is 79.9. The van der Waals surface area contributed by atoms with E-state index in [1.165, 1.54) is 0 Å². The summed E-state index contributed by atoms with van der Waals surface area (Å²) in [6.45, 7) is -0.637. The van der Waals surface area contributed by atoms with Gasteiger partial charge in [0.25, 0.3) is 11.6 Å². The van der Waals surface area contributed by atoms with Gasteiger partial charge in [0, 0.05) is 0 Å². The van der Waals surface area contributed by atoms with E-state index in [1.54, 1.807) is 0 Å². The van der Waals surface area contributed by atoms with Gasteiger partial charge in [0.15, 0.2) is 10.5 Å². The third-order valence-corrected chi connectivity index (χ3v) is 1.98.